The molecule has 0 spiro atoms. The van der Waals surface area contributed by atoms with Gasteiger partial charge in [0, 0.05) is 24.1 Å². The van der Waals surface area contributed by atoms with Crippen molar-refractivity contribution in [3.05, 3.63) is 95.2 Å². The van der Waals surface area contributed by atoms with Crippen LogP contribution in [0.5, 0.6) is 5.88 Å². The molecule has 0 radical (unpaired) electrons. The molecule has 1 aliphatic rings. The summed E-state index contributed by atoms with van der Waals surface area (Å²) in [5, 5.41) is 7.85. The van der Waals surface area contributed by atoms with Gasteiger partial charge in [0.25, 0.3) is 5.91 Å². The number of aromatic nitrogens is 2. The first-order valence-electron chi connectivity index (χ1n) is 11.8. The normalized spacial score (nSPS) is 12.9. The van der Waals surface area contributed by atoms with Crippen molar-refractivity contribution in [1.29, 1.82) is 0 Å². The van der Waals surface area contributed by atoms with E-state index in [2.05, 4.69) is 5.32 Å². The lowest BCUT2D eigenvalue weighted by Crippen LogP contribution is -2.11. The van der Waals surface area contributed by atoms with Crippen LogP contribution in [0.4, 0.5) is 5.69 Å². The SMILES string of the molecule is CC(=O)Oc1c(-c2ccc(NC(=O)c3ccc(C)cc3)cc2)c(C2CC2)nn1-c1cccc(C)c1. The Morgan fingerprint density at radius 1 is 0.943 bits per heavy atom. The van der Waals surface area contributed by atoms with E-state index >= 15 is 0 Å². The number of anilines is 1. The molecular formula is C29H27N3O3. The number of aryl methyl sites for hydroxylation is 2. The standard InChI is InChI=1S/C29H27N3O3/c1-18-7-9-23(10-8-18)28(34)30-24-15-13-21(14-16-24)26-27(22-11-12-22)31-32(29(26)35-20(3)33)25-6-4-5-19(2)17-25/h4-10,13-17,22H,11-12H2,1-3H3,(H,30,34). The predicted octanol–water partition coefficient (Wildman–Crippen LogP) is 6.21. The van der Waals surface area contributed by atoms with Crippen molar-refractivity contribution >= 4 is 17.6 Å². The number of nitrogens with one attached hydrogen (secondary N) is 1. The van der Waals surface area contributed by atoms with Crippen molar-refractivity contribution in [2.24, 2.45) is 0 Å². The average Bonchev–Trinajstić information content (AvgIpc) is 3.61. The van der Waals surface area contributed by atoms with E-state index in [1.807, 2.05) is 86.6 Å². The third-order valence-corrected chi connectivity index (χ3v) is 6.07. The highest BCUT2D eigenvalue weighted by atomic mass is 16.5. The molecule has 1 N–H and O–H groups in total. The van der Waals surface area contributed by atoms with Crippen LogP contribution in [-0.4, -0.2) is 21.7 Å². The van der Waals surface area contributed by atoms with E-state index < -0.39 is 5.97 Å². The van der Waals surface area contributed by atoms with E-state index in [1.54, 1.807) is 4.68 Å². The molecule has 0 atom stereocenters. The van der Waals surface area contributed by atoms with Crippen molar-refractivity contribution in [2.75, 3.05) is 5.32 Å². The zero-order valence-electron chi connectivity index (χ0n) is 20.0. The van der Waals surface area contributed by atoms with Crippen molar-refractivity contribution < 1.29 is 14.3 Å². The summed E-state index contributed by atoms with van der Waals surface area (Å²) >= 11 is 0. The van der Waals surface area contributed by atoms with Crippen LogP contribution >= 0.6 is 0 Å². The average molecular weight is 466 g/mol. The fourth-order valence-corrected chi connectivity index (χ4v) is 4.13. The molecule has 1 aliphatic carbocycles. The number of esters is 1. The molecule has 6 nitrogen and oxygen atoms in total. The smallest absolute Gasteiger partial charge is 0.309 e. The molecule has 1 heterocycles. The van der Waals surface area contributed by atoms with Crippen LogP contribution in [-0.2, 0) is 4.79 Å². The van der Waals surface area contributed by atoms with E-state index in [-0.39, 0.29) is 5.91 Å². The van der Waals surface area contributed by atoms with Crippen LogP contribution < -0.4 is 10.1 Å². The first-order valence-corrected chi connectivity index (χ1v) is 11.8. The second-order valence-corrected chi connectivity index (χ2v) is 9.08. The quantitative estimate of drug-likeness (QED) is 0.344. The highest BCUT2D eigenvalue weighted by Gasteiger charge is 2.34. The molecule has 4 aromatic rings. The Labute approximate surface area is 204 Å². The first-order chi connectivity index (χ1) is 16.9. The molecule has 35 heavy (non-hydrogen) atoms. The van der Waals surface area contributed by atoms with Crippen LogP contribution in [0.2, 0.25) is 0 Å². The largest absolute Gasteiger partial charge is 0.407 e. The first kappa shape index (κ1) is 22.6. The lowest BCUT2D eigenvalue weighted by Gasteiger charge is -2.11. The van der Waals surface area contributed by atoms with Crippen molar-refractivity contribution in [2.45, 2.75) is 39.5 Å². The molecule has 1 fully saturated rings. The molecule has 5 rings (SSSR count). The number of hydrogen-bond acceptors (Lipinski definition) is 4. The Balaban J connectivity index is 1.51. The lowest BCUT2D eigenvalue weighted by molar-refractivity contribution is -0.132. The van der Waals surface area contributed by atoms with Gasteiger partial charge in [-0.25, -0.2) is 0 Å². The molecule has 6 heteroatoms. The summed E-state index contributed by atoms with van der Waals surface area (Å²) in [6, 6.07) is 23.0. The van der Waals surface area contributed by atoms with E-state index in [4.69, 9.17) is 9.84 Å². The third kappa shape index (κ3) is 4.87. The minimum Gasteiger partial charge on any atom is -0.407 e. The number of amides is 1. The summed E-state index contributed by atoms with van der Waals surface area (Å²) in [7, 11) is 0. The molecule has 176 valence electrons. The number of rotatable bonds is 6. The summed E-state index contributed by atoms with van der Waals surface area (Å²) in [4.78, 5) is 24.7. The second kappa shape index (κ2) is 9.22. The summed E-state index contributed by atoms with van der Waals surface area (Å²) in [6.45, 7) is 5.41. The van der Waals surface area contributed by atoms with Crippen molar-refractivity contribution in [3.8, 4) is 22.7 Å². The van der Waals surface area contributed by atoms with E-state index in [1.165, 1.54) is 6.92 Å². The molecule has 3 aromatic carbocycles. The molecule has 0 aliphatic heterocycles. The van der Waals surface area contributed by atoms with Gasteiger partial charge < -0.3 is 10.1 Å². The highest BCUT2D eigenvalue weighted by molar-refractivity contribution is 6.04. The van der Waals surface area contributed by atoms with Crippen LogP contribution in [0.3, 0.4) is 0 Å². The Morgan fingerprint density at radius 2 is 1.66 bits per heavy atom. The van der Waals surface area contributed by atoms with Crippen LogP contribution in [0.25, 0.3) is 16.8 Å². The number of ether oxygens (including phenoxy) is 1. The monoisotopic (exact) mass is 465 g/mol. The van der Waals surface area contributed by atoms with Gasteiger partial charge >= 0.3 is 5.97 Å². The maximum Gasteiger partial charge on any atom is 0.309 e. The van der Waals surface area contributed by atoms with Gasteiger partial charge in [-0.15, -0.1) is 0 Å². The van der Waals surface area contributed by atoms with Gasteiger partial charge in [0.05, 0.1) is 16.9 Å². The molecule has 0 unspecified atom stereocenters. The maximum absolute atomic E-state index is 12.6. The van der Waals surface area contributed by atoms with Crippen molar-refractivity contribution in [1.82, 2.24) is 9.78 Å². The molecule has 1 amide bonds. The third-order valence-electron chi connectivity index (χ3n) is 6.07. The van der Waals surface area contributed by atoms with E-state index in [0.29, 0.717) is 23.0 Å². The number of hydrogen-bond donors (Lipinski definition) is 1. The number of nitrogens with zero attached hydrogens (tertiary/aromatic N) is 2. The van der Waals surface area contributed by atoms with Gasteiger partial charge in [0.2, 0.25) is 5.88 Å². The fraction of sp³-hybridized carbons (Fsp3) is 0.207. The summed E-state index contributed by atoms with van der Waals surface area (Å²) in [5.41, 5.74) is 6.97. The summed E-state index contributed by atoms with van der Waals surface area (Å²) in [5.74, 6) is 0.196. The zero-order chi connectivity index (χ0) is 24.5. The highest BCUT2D eigenvalue weighted by Crippen LogP contribution is 2.48. The topological polar surface area (TPSA) is 73.2 Å². The maximum atomic E-state index is 12.6. The molecule has 1 aromatic heterocycles. The lowest BCUT2D eigenvalue weighted by atomic mass is 10.0. The Kier molecular flexibility index (Phi) is 5.95. The van der Waals surface area contributed by atoms with Gasteiger partial charge in [-0.05, 0) is 74.2 Å². The molecule has 0 bridgehead atoms. The van der Waals surface area contributed by atoms with E-state index in [0.717, 1.165) is 46.5 Å². The second-order valence-electron chi connectivity index (χ2n) is 9.08. The van der Waals surface area contributed by atoms with Crippen LogP contribution in [0.1, 0.15) is 52.9 Å². The minimum atomic E-state index is -0.399. The van der Waals surface area contributed by atoms with Gasteiger partial charge in [-0.2, -0.15) is 9.78 Å². The molecular weight excluding hydrogens is 438 g/mol. The minimum absolute atomic E-state index is 0.163. The van der Waals surface area contributed by atoms with Crippen LogP contribution in [0, 0.1) is 13.8 Å². The van der Waals surface area contributed by atoms with Gasteiger partial charge in [-0.3, -0.25) is 9.59 Å². The summed E-state index contributed by atoms with van der Waals surface area (Å²) < 4.78 is 7.46. The molecule has 1 saturated carbocycles. The zero-order valence-corrected chi connectivity index (χ0v) is 20.0. The van der Waals surface area contributed by atoms with Gasteiger partial charge in [0.1, 0.15) is 0 Å². The Bertz CT molecular complexity index is 1400. The van der Waals surface area contributed by atoms with Gasteiger partial charge in [-0.1, -0.05) is 42.0 Å². The fourth-order valence-electron chi connectivity index (χ4n) is 4.13. The Morgan fingerprint density at radius 3 is 2.29 bits per heavy atom. The number of benzene rings is 3. The summed E-state index contributed by atoms with van der Waals surface area (Å²) in [6.07, 6.45) is 2.12. The number of carbonyl (C=O) groups excluding carboxylic acids is 2. The number of carbonyl (C=O) groups is 2. The van der Waals surface area contributed by atoms with Gasteiger partial charge in [0.15, 0.2) is 0 Å². The molecule has 0 saturated heterocycles. The Hall–Kier alpha value is -4.19. The van der Waals surface area contributed by atoms with Crippen LogP contribution in [0.15, 0.2) is 72.8 Å². The van der Waals surface area contributed by atoms with Crippen molar-refractivity contribution in [3.63, 3.8) is 0 Å². The van der Waals surface area contributed by atoms with E-state index in [9.17, 15) is 9.59 Å². The predicted molar refractivity (Wildman–Crippen MR) is 136 cm³/mol.